The highest BCUT2D eigenvalue weighted by atomic mass is 32.2. The molecule has 0 saturated heterocycles. The number of ether oxygens (including phenoxy) is 4. The predicted octanol–water partition coefficient (Wildman–Crippen LogP) is 3.21. The van der Waals surface area contributed by atoms with Gasteiger partial charge in [0.2, 0.25) is 20.0 Å². The maximum absolute atomic E-state index is 13.7. The van der Waals surface area contributed by atoms with E-state index < -0.39 is 32.6 Å². The Balaban J connectivity index is 2.02. The molecular formula is C28H34N2O10S2. The van der Waals surface area contributed by atoms with Crippen LogP contribution in [0, 0.1) is 0 Å². The van der Waals surface area contributed by atoms with Gasteiger partial charge in [-0.2, -0.15) is 8.61 Å². The SMILES string of the molecule is CCN(Cc1ccccc1CN(CC(=O)O)S(=O)(=O)c1ccc(OC)cc1OC)S(=O)(=O)c1ccc(OC)cc1OC. The minimum absolute atomic E-state index is 0.0188. The highest BCUT2D eigenvalue weighted by Crippen LogP contribution is 2.33. The van der Waals surface area contributed by atoms with Gasteiger partial charge in [-0.25, -0.2) is 16.8 Å². The van der Waals surface area contributed by atoms with Gasteiger partial charge in [0.15, 0.2) is 0 Å². The van der Waals surface area contributed by atoms with Crippen LogP contribution in [-0.4, -0.2) is 78.1 Å². The van der Waals surface area contributed by atoms with Gasteiger partial charge in [0.25, 0.3) is 0 Å². The molecule has 0 heterocycles. The molecule has 0 radical (unpaired) electrons. The minimum atomic E-state index is -4.39. The molecule has 3 rings (SSSR count). The van der Waals surface area contributed by atoms with Crippen molar-refractivity contribution in [2.45, 2.75) is 29.8 Å². The summed E-state index contributed by atoms with van der Waals surface area (Å²) < 4.78 is 77.7. The molecule has 0 aromatic heterocycles. The average Bonchev–Trinajstić information content (AvgIpc) is 2.98. The van der Waals surface area contributed by atoms with Crippen molar-refractivity contribution in [3.05, 3.63) is 71.8 Å². The number of nitrogens with zero attached hydrogens (tertiary/aromatic N) is 2. The monoisotopic (exact) mass is 622 g/mol. The first-order chi connectivity index (χ1) is 19.9. The maximum Gasteiger partial charge on any atom is 0.318 e. The van der Waals surface area contributed by atoms with E-state index in [0.717, 1.165) is 4.31 Å². The standard InChI is InChI=1S/C28H34N2O10S2/c1-6-29(41(33,34)26-13-11-22(37-2)15-24(26)39-4)17-20-9-7-8-10-21(20)18-30(19-28(31)32)42(35,36)27-14-12-23(38-3)16-25(27)40-5/h7-16H,6,17-19H2,1-5H3,(H,31,32). The predicted molar refractivity (Wildman–Crippen MR) is 154 cm³/mol. The van der Waals surface area contributed by atoms with Crippen LogP contribution in [0.5, 0.6) is 23.0 Å². The van der Waals surface area contributed by atoms with E-state index in [9.17, 15) is 26.7 Å². The molecule has 42 heavy (non-hydrogen) atoms. The number of aliphatic carboxylic acids is 1. The van der Waals surface area contributed by atoms with Gasteiger partial charge in [-0.1, -0.05) is 31.2 Å². The Morgan fingerprint density at radius 2 is 1.12 bits per heavy atom. The molecule has 0 aliphatic carbocycles. The lowest BCUT2D eigenvalue weighted by Gasteiger charge is -2.25. The summed E-state index contributed by atoms with van der Waals surface area (Å²) in [6.45, 7) is 0.463. The van der Waals surface area contributed by atoms with Crippen LogP contribution in [-0.2, 0) is 37.9 Å². The second-order valence-electron chi connectivity index (χ2n) is 8.90. The Labute approximate surface area is 246 Å². The largest absolute Gasteiger partial charge is 0.497 e. The number of sulfonamides is 2. The van der Waals surface area contributed by atoms with Gasteiger partial charge in [-0.3, -0.25) is 4.79 Å². The van der Waals surface area contributed by atoms with Crippen LogP contribution in [0.2, 0.25) is 0 Å². The summed E-state index contributed by atoms with van der Waals surface area (Å²) in [6, 6.07) is 15.1. The van der Waals surface area contributed by atoms with Gasteiger partial charge in [0.1, 0.15) is 39.3 Å². The second-order valence-corrected chi connectivity index (χ2v) is 12.7. The fourth-order valence-corrected chi connectivity index (χ4v) is 7.31. The third-order valence-corrected chi connectivity index (χ3v) is 10.2. The molecule has 0 bridgehead atoms. The fourth-order valence-electron chi connectivity index (χ4n) is 4.24. The molecular weight excluding hydrogens is 588 g/mol. The lowest BCUT2D eigenvalue weighted by Crippen LogP contribution is -2.36. The minimum Gasteiger partial charge on any atom is -0.497 e. The molecule has 0 aliphatic rings. The van der Waals surface area contributed by atoms with E-state index in [0.29, 0.717) is 22.6 Å². The van der Waals surface area contributed by atoms with E-state index in [4.69, 9.17) is 18.9 Å². The number of carboxylic acids is 1. The Morgan fingerprint density at radius 3 is 1.50 bits per heavy atom. The van der Waals surface area contributed by atoms with Gasteiger partial charge in [-0.15, -0.1) is 0 Å². The van der Waals surface area contributed by atoms with Gasteiger partial charge in [-0.05, 0) is 35.4 Å². The lowest BCUT2D eigenvalue weighted by molar-refractivity contribution is -0.137. The summed E-state index contributed by atoms with van der Waals surface area (Å²) >= 11 is 0. The maximum atomic E-state index is 13.7. The Morgan fingerprint density at radius 1 is 0.690 bits per heavy atom. The highest BCUT2D eigenvalue weighted by molar-refractivity contribution is 7.89. The number of carbonyl (C=O) groups is 1. The molecule has 14 heteroatoms. The Bertz CT molecular complexity index is 1630. The molecule has 0 fully saturated rings. The molecule has 12 nitrogen and oxygen atoms in total. The van der Waals surface area contributed by atoms with Crippen LogP contribution >= 0.6 is 0 Å². The zero-order chi connectivity index (χ0) is 31.1. The first-order valence-electron chi connectivity index (χ1n) is 12.7. The van der Waals surface area contributed by atoms with E-state index in [2.05, 4.69) is 0 Å². The normalized spacial score (nSPS) is 11.9. The van der Waals surface area contributed by atoms with Crippen molar-refractivity contribution in [3.8, 4) is 23.0 Å². The van der Waals surface area contributed by atoms with Crippen molar-refractivity contribution in [1.29, 1.82) is 0 Å². The first kappa shape index (κ1) is 32.7. The van der Waals surface area contributed by atoms with Gasteiger partial charge >= 0.3 is 5.97 Å². The van der Waals surface area contributed by atoms with Crippen molar-refractivity contribution in [2.24, 2.45) is 0 Å². The third kappa shape index (κ3) is 7.13. The molecule has 0 atom stereocenters. The summed E-state index contributed by atoms with van der Waals surface area (Å²) in [6.07, 6.45) is 0. The van der Waals surface area contributed by atoms with Crippen LogP contribution < -0.4 is 18.9 Å². The van der Waals surface area contributed by atoms with Crippen LogP contribution in [0.4, 0.5) is 0 Å². The van der Waals surface area contributed by atoms with E-state index in [-0.39, 0.29) is 40.9 Å². The summed E-state index contributed by atoms with van der Waals surface area (Å²) in [5, 5.41) is 9.59. The zero-order valence-electron chi connectivity index (χ0n) is 23.9. The van der Waals surface area contributed by atoms with E-state index in [1.165, 1.54) is 69.1 Å². The molecule has 0 unspecified atom stereocenters. The lowest BCUT2D eigenvalue weighted by atomic mass is 10.1. The summed E-state index contributed by atoms with van der Waals surface area (Å²) in [4.78, 5) is 11.5. The number of hydrogen-bond acceptors (Lipinski definition) is 9. The Hall–Kier alpha value is -3.85. The van der Waals surface area contributed by atoms with Crippen molar-refractivity contribution in [2.75, 3.05) is 41.5 Å². The fraction of sp³-hybridized carbons (Fsp3) is 0.321. The van der Waals surface area contributed by atoms with Gasteiger partial charge in [0, 0.05) is 31.8 Å². The molecule has 0 saturated carbocycles. The number of hydrogen-bond donors (Lipinski definition) is 1. The van der Waals surface area contributed by atoms with E-state index in [1.807, 2.05) is 0 Å². The van der Waals surface area contributed by atoms with Crippen LogP contribution in [0.3, 0.4) is 0 Å². The van der Waals surface area contributed by atoms with Gasteiger partial charge < -0.3 is 24.1 Å². The number of methoxy groups -OCH3 is 4. The number of rotatable bonds is 15. The Kier molecular flexibility index (Phi) is 10.8. The van der Waals surface area contributed by atoms with Gasteiger partial charge in [0.05, 0.1) is 28.4 Å². The summed E-state index contributed by atoms with van der Waals surface area (Å²) in [7, 11) is -2.94. The highest BCUT2D eigenvalue weighted by Gasteiger charge is 2.32. The molecule has 0 spiro atoms. The third-order valence-electron chi connectivity index (χ3n) is 6.45. The smallest absolute Gasteiger partial charge is 0.318 e. The zero-order valence-corrected chi connectivity index (χ0v) is 25.6. The molecule has 3 aromatic carbocycles. The summed E-state index contributed by atoms with van der Waals surface area (Å²) in [5.74, 6) is -0.501. The molecule has 1 N–H and O–H groups in total. The van der Waals surface area contributed by atoms with E-state index >= 15 is 0 Å². The number of benzene rings is 3. The average molecular weight is 623 g/mol. The first-order valence-corrected chi connectivity index (χ1v) is 15.5. The number of carboxylic acid groups (broad SMARTS) is 1. The summed E-state index contributed by atoms with van der Waals surface area (Å²) in [5.41, 5.74) is 0.910. The van der Waals surface area contributed by atoms with Crippen LogP contribution in [0.15, 0.2) is 70.5 Å². The van der Waals surface area contributed by atoms with E-state index in [1.54, 1.807) is 31.2 Å². The quantitative estimate of drug-likeness (QED) is 0.268. The van der Waals surface area contributed by atoms with Crippen molar-refractivity contribution >= 4 is 26.0 Å². The molecule has 3 aromatic rings. The van der Waals surface area contributed by atoms with Crippen LogP contribution in [0.1, 0.15) is 18.1 Å². The van der Waals surface area contributed by atoms with Crippen molar-refractivity contribution in [1.82, 2.24) is 8.61 Å². The molecule has 228 valence electrons. The van der Waals surface area contributed by atoms with Crippen LogP contribution in [0.25, 0.3) is 0 Å². The molecule has 0 amide bonds. The van der Waals surface area contributed by atoms with Crippen molar-refractivity contribution < 1.29 is 45.7 Å². The topological polar surface area (TPSA) is 149 Å². The van der Waals surface area contributed by atoms with Crippen molar-refractivity contribution in [3.63, 3.8) is 0 Å². The molecule has 0 aliphatic heterocycles. The second kappa shape index (κ2) is 13.9.